The van der Waals surface area contributed by atoms with E-state index in [0.29, 0.717) is 25.9 Å². The number of carbonyl (C=O) groups is 2. The zero-order valence-corrected chi connectivity index (χ0v) is 15.2. The van der Waals surface area contributed by atoms with E-state index in [1.165, 1.54) is 0 Å². The van der Waals surface area contributed by atoms with E-state index in [1.807, 2.05) is 60.4 Å². The molecule has 5 heteroatoms. The summed E-state index contributed by atoms with van der Waals surface area (Å²) in [6.07, 6.45) is 1.36. The minimum Gasteiger partial charge on any atom is -0.497 e. The summed E-state index contributed by atoms with van der Waals surface area (Å²) < 4.78 is 5.12. The van der Waals surface area contributed by atoms with Gasteiger partial charge in [-0.25, -0.2) is 0 Å². The van der Waals surface area contributed by atoms with E-state index in [4.69, 9.17) is 4.74 Å². The monoisotopic (exact) mass is 352 g/mol. The van der Waals surface area contributed by atoms with Crippen molar-refractivity contribution in [3.05, 3.63) is 59.7 Å². The van der Waals surface area contributed by atoms with Crippen molar-refractivity contribution in [2.75, 3.05) is 25.5 Å². The van der Waals surface area contributed by atoms with Crippen LogP contribution in [0.25, 0.3) is 0 Å². The molecule has 2 amide bonds. The van der Waals surface area contributed by atoms with Crippen molar-refractivity contribution in [1.29, 1.82) is 0 Å². The van der Waals surface area contributed by atoms with Crippen LogP contribution >= 0.6 is 0 Å². The molecule has 0 spiro atoms. The summed E-state index contributed by atoms with van der Waals surface area (Å²) in [5.41, 5.74) is 2.49. The van der Waals surface area contributed by atoms with Gasteiger partial charge in [-0.3, -0.25) is 9.59 Å². The average Bonchev–Trinajstić information content (AvgIpc) is 2.68. The third-order valence-corrected chi connectivity index (χ3v) is 4.89. The number of ether oxygens (including phenoxy) is 1. The molecule has 0 atom stereocenters. The van der Waals surface area contributed by atoms with Crippen molar-refractivity contribution in [1.82, 2.24) is 4.90 Å². The molecule has 0 aromatic heterocycles. The second-order valence-corrected chi connectivity index (χ2v) is 6.60. The van der Waals surface area contributed by atoms with Crippen LogP contribution in [0.15, 0.2) is 48.5 Å². The fourth-order valence-electron chi connectivity index (χ4n) is 3.25. The second kappa shape index (κ2) is 8.04. The van der Waals surface area contributed by atoms with Crippen molar-refractivity contribution in [2.45, 2.75) is 19.8 Å². The summed E-state index contributed by atoms with van der Waals surface area (Å²) in [6.45, 7) is 3.16. The maximum Gasteiger partial charge on any atom is 0.254 e. The average molecular weight is 352 g/mol. The molecule has 1 N–H and O–H groups in total. The minimum absolute atomic E-state index is 0.0122. The smallest absolute Gasteiger partial charge is 0.254 e. The lowest BCUT2D eigenvalue weighted by Gasteiger charge is -2.31. The number of hydrogen-bond donors (Lipinski definition) is 1. The van der Waals surface area contributed by atoms with Gasteiger partial charge in [-0.05, 0) is 55.7 Å². The second-order valence-electron chi connectivity index (χ2n) is 6.60. The van der Waals surface area contributed by atoms with Gasteiger partial charge in [-0.1, -0.05) is 18.2 Å². The van der Waals surface area contributed by atoms with E-state index >= 15 is 0 Å². The number of methoxy groups -OCH3 is 1. The summed E-state index contributed by atoms with van der Waals surface area (Å²) in [4.78, 5) is 27.0. The first kappa shape index (κ1) is 18.0. The van der Waals surface area contributed by atoms with Crippen molar-refractivity contribution in [2.24, 2.45) is 5.92 Å². The van der Waals surface area contributed by atoms with Gasteiger partial charge in [-0.2, -0.15) is 0 Å². The molecule has 0 aliphatic carbocycles. The molecule has 1 saturated heterocycles. The fraction of sp³-hybridized carbons (Fsp3) is 0.333. The van der Waals surface area contributed by atoms with Gasteiger partial charge in [0.25, 0.3) is 5.91 Å². The van der Waals surface area contributed by atoms with Crippen molar-refractivity contribution < 1.29 is 14.3 Å². The molecular weight excluding hydrogens is 328 g/mol. The van der Waals surface area contributed by atoms with Crippen LogP contribution in [0.1, 0.15) is 28.8 Å². The Morgan fingerprint density at radius 3 is 2.31 bits per heavy atom. The largest absolute Gasteiger partial charge is 0.497 e. The van der Waals surface area contributed by atoms with E-state index in [2.05, 4.69) is 5.32 Å². The number of anilines is 1. The molecule has 0 bridgehead atoms. The summed E-state index contributed by atoms with van der Waals surface area (Å²) in [7, 11) is 1.61. The van der Waals surface area contributed by atoms with Crippen molar-refractivity contribution in [3.63, 3.8) is 0 Å². The van der Waals surface area contributed by atoms with Gasteiger partial charge in [0, 0.05) is 30.3 Å². The molecule has 2 aromatic rings. The molecule has 3 rings (SSSR count). The molecule has 26 heavy (non-hydrogen) atoms. The first-order chi connectivity index (χ1) is 12.6. The lowest BCUT2D eigenvalue weighted by atomic mass is 9.95. The number of aryl methyl sites for hydroxylation is 1. The highest BCUT2D eigenvalue weighted by molar-refractivity contribution is 5.96. The van der Waals surface area contributed by atoms with Gasteiger partial charge in [0.15, 0.2) is 0 Å². The Labute approximate surface area is 154 Å². The third kappa shape index (κ3) is 4.04. The first-order valence-electron chi connectivity index (χ1n) is 8.88. The molecule has 1 aliphatic heterocycles. The molecular formula is C21H24N2O3. The van der Waals surface area contributed by atoms with Crippen LogP contribution in [0, 0.1) is 12.8 Å². The molecule has 136 valence electrons. The maximum atomic E-state index is 12.7. The van der Waals surface area contributed by atoms with E-state index < -0.39 is 0 Å². The van der Waals surface area contributed by atoms with Crippen molar-refractivity contribution in [3.8, 4) is 5.75 Å². The molecule has 1 fully saturated rings. The number of carbonyl (C=O) groups excluding carboxylic acids is 2. The van der Waals surface area contributed by atoms with E-state index in [1.54, 1.807) is 7.11 Å². The molecule has 0 radical (unpaired) electrons. The Kier molecular flexibility index (Phi) is 5.56. The van der Waals surface area contributed by atoms with Gasteiger partial charge in [-0.15, -0.1) is 0 Å². The van der Waals surface area contributed by atoms with Gasteiger partial charge >= 0.3 is 0 Å². The SMILES string of the molecule is COc1ccc(NC(=O)C2CCN(C(=O)c3ccccc3C)CC2)cc1. The maximum absolute atomic E-state index is 12.7. The Morgan fingerprint density at radius 1 is 1.04 bits per heavy atom. The molecule has 5 nitrogen and oxygen atoms in total. The Balaban J connectivity index is 1.55. The highest BCUT2D eigenvalue weighted by atomic mass is 16.5. The zero-order valence-electron chi connectivity index (χ0n) is 15.2. The Morgan fingerprint density at radius 2 is 1.69 bits per heavy atom. The van der Waals surface area contributed by atoms with Crippen LogP contribution in [-0.2, 0) is 4.79 Å². The number of nitrogens with one attached hydrogen (secondary N) is 1. The summed E-state index contributed by atoms with van der Waals surface area (Å²) in [5, 5.41) is 2.95. The molecule has 1 aliphatic rings. The van der Waals surface area contributed by atoms with Gasteiger partial charge in [0.2, 0.25) is 5.91 Å². The van der Waals surface area contributed by atoms with E-state index in [9.17, 15) is 9.59 Å². The number of rotatable bonds is 4. The summed E-state index contributed by atoms with van der Waals surface area (Å²) in [6, 6.07) is 14.9. The third-order valence-electron chi connectivity index (χ3n) is 4.89. The molecule has 0 saturated carbocycles. The normalized spacial score (nSPS) is 14.8. The minimum atomic E-state index is -0.0713. The quantitative estimate of drug-likeness (QED) is 0.916. The Bertz CT molecular complexity index is 778. The lowest BCUT2D eigenvalue weighted by molar-refractivity contribution is -0.121. The van der Waals surface area contributed by atoms with Gasteiger partial charge in [0.05, 0.1) is 7.11 Å². The number of hydrogen-bond acceptors (Lipinski definition) is 3. The predicted molar refractivity (Wildman–Crippen MR) is 101 cm³/mol. The van der Waals surface area contributed by atoms with Crippen LogP contribution in [-0.4, -0.2) is 36.9 Å². The van der Waals surface area contributed by atoms with Crippen LogP contribution < -0.4 is 10.1 Å². The van der Waals surface area contributed by atoms with Crippen LogP contribution in [0.2, 0.25) is 0 Å². The van der Waals surface area contributed by atoms with Crippen LogP contribution in [0.3, 0.4) is 0 Å². The number of amides is 2. The van der Waals surface area contributed by atoms with Gasteiger partial charge in [0.1, 0.15) is 5.75 Å². The zero-order chi connectivity index (χ0) is 18.5. The highest BCUT2D eigenvalue weighted by Gasteiger charge is 2.28. The predicted octanol–water partition coefficient (Wildman–Crippen LogP) is 3.49. The topological polar surface area (TPSA) is 58.6 Å². The standard InChI is InChI=1S/C21H24N2O3/c1-15-5-3-4-6-19(15)21(25)23-13-11-16(12-14-23)20(24)22-17-7-9-18(26-2)10-8-17/h3-10,16H,11-14H2,1-2H3,(H,22,24). The number of nitrogens with zero attached hydrogens (tertiary/aromatic N) is 1. The summed E-state index contributed by atoms with van der Waals surface area (Å²) >= 11 is 0. The molecule has 0 unspecified atom stereocenters. The van der Waals surface area contributed by atoms with Crippen molar-refractivity contribution >= 4 is 17.5 Å². The summed E-state index contributed by atoms with van der Waals surface area (Å²) in [5.74, 6) is 0.749. The lowest BCUT2D eigenvalue weighted by Crippen LogP contribution is -2.41. The first-order valence-corrected chi connectivity index (χ1v) is 8.88. The van der Waals surface area contributed by atoms with E-state index in [0.717, 1.165) is 22.6 Å². The fourth-order valence-corrected chi connectivity index (χ4v) is 3.25. The number of benzene rings is 2. The number of likely N-dealkylation sites (tertiary alicyclic amines) is 1. The number of piperidine rings is 1. The van der Waals surface area contributed by atoms with Gasteiger partial charge < -0.3 is 15.0 Å². The molecule has 1 heterocycles. The highest BCUT2D eigenvalue weighted by Crippen LogP contribution is 2.22. The van der Waals surface area contributed by atoms with Crippen LogP contribution in [0.5, 0.6) is 5.75 Å². The van der Waals surface area contributed by atoms with Crippen LogP contribution in [0.4, 0.5) is 5.69 Å². The Hall–Kier alpha value is -2.82. The molecule has 2 aromatic carbocycles. The van der Waals surface area contributed by atoms with E-state index in [-0.39, 0.29) is 17.7 Å².